The summed E-state index contributed by atoms with van der Waals surface area (Å²) in [5.74, 6) is -1.62. The Morgan fingerprint density at radius 1 is 0.915 bits per heavy atom. The Balaban J connectivity index is 1.57. The Kier molecular flexibility index (Phi) is 8.29. The molecule has 3 aromatic carbocycles. The molecule has 0 saturated carbocycles. The van der Waals surface area contributed by atoms with Gasteiger partial charge in [-0.1, -0.05) is 30.3 Å². The maximum Gasteiger partial charge on any atom is 0.573 e. The Hall–Kier alpha value is -5.13. The average molecular weight is 664 g/mol. The number of sulfonamides is 1. The van der Waals surface area contributed by atoms with E-state index >= 15 is 4.79 Å². The highest BCUT2D eigenvalue weighted by Crippen LogP contribution is 2.53. The first-order valence-corrected chi connectivity index (χ1v) is 16.1. The minimum Gasteiger partial charge on any atom is -0.493 e. The van der Waals surface area contributed by atoms with E-state index in [2.05, 4.69) is 20.7 Å². The van der Waals surface area contributed by atoms with E-state index in [4.69, 9.17) is 4.74 Å². The number of nitrogens with zero attached hydrogens (tertiary/aromatic N) is 5. The summed E-state index contributed by atoms with van der Waals surface area (Å²) < 4.78 is 79.7. The number of alkyl halides is 3. The Morgan fingerprint density at radius 2 is 1.57 bits per heavy atom. The number of halogens is 3. The zero-order valence-corrected chi connectivity index (χ0v) is 25.8. The third-order valence-electron chi connectivity index (χ3n) is 8.18. The van der Waals surface area contributed by atoms with Crippen LogP contribution in [0.3, 0.4) is 0 Å². The summed E-state index contributed by atoms with van der Waals surface area (Å²) in [6, 6.07) is 20.9. The summed E-state index contributed by atoms with van der Waals surface area (Å²) in [6.45, 7) is 3.42. The summed E-state index contributed by atoms with van der Waals surface area (Å²) in [6.07, 6.45) is -1.86. The van der Waals surface area contributed by atoms with Gasteiger partial charge in [-0.3, -0.25) is 14.7 Å². The number of rotatable bonds is 8. The number of piperazine rings is 1. The third-order valence-corrected chi connectivity index (χ3v) is 9.92. The highest BCUT2D eigenvalue weighted by Gasteiger charge is 2.61. The van der Waals surface area contributed by atoms with Crippen molar-refractivity contribution in [3.8, 4) is 17.6 Å². The van der Waals surface area contributed by atoms with Crippen molar-refractivity contribution in [2.45, 2.75) is 23.7 Å². The highest BCUT2D eigenvalue weighted by atomic mass is 32.2. The molecule has 1 saturated heterocycles. The second-order valence-corrected chi connectivity index (χ2v) is 12.5. The standard InChI is InChI=1S/C33H28F3N5O5S/c1-2-45-28-8-4-3-7-25(28)32(40-19-17-39(18-20-40)24-13-15-38-16-14-24)26-21-23(22-37)11-12-27(26)41(31(32)42)47(43,44)30-10-6-5-9-29(30)46-33(34,35)36/h3-16,21H,2,17-20H2,1H3. The Morgan fingerprint density at radius 3 is 2.23 bits per heavy atom. The molecule has 1 unspecified atom stereocenters. The van der Waals surface area contributed by atoms with Gasteiger partial charge in [0.2, 0.25) is 0 Å². The molecule has 242 valence electrons. The molecule has 1 amide bonds. The SMILES string of the molecule is CCOc1ccccc1C1(N2CCN(c3ccncc3)CC2)C(=O)N(S(=O)(=O)c2ccccc2OC(F)(F)F)c2ccc(C#N)cc21. The molecule has 0 aliphatic carbocycles. The van der Waals surface area contributed by atoms with Gasteiger partial charge in [0.15, 0.2) is 5.54 Å². The van der Waals surface area contributed by atoms with Crippen LogP contribution in [0.15, 0.2) is 96.2 Å². The minimum absolute atomic E-state index is 0.0984. The van der Waals surface area contributed by atoms with E-state index in [1.165, 1.54) is 30.3 Å². The van der Waals surface area contributed by atoms with Crippen LogP contribution in [0.5, 0.6) is 11.5 Å². The average Bonchev–Trinajstić information content (AvgIpc) is 3.33. The van der Waals surface area contributed by atoms with Crippen LogP contribution in [-0.2, 0) is 20.4 Å². The van der Waals surface area contributed by atoms with E-state index in [9.17, 15) is 26.9 Å². The molecule has 1 atom stereocenters. The zero-order valence-electron chi connectivity index (χ0n) is 25.0. The first-order valence-electron chi connectivity index (χ1n) is 14.6. The number of anilines is 2. The largest absolute Gasteiger partial charge is 0.573 e. The second-order valence-electron chi connectivity index (χ2n) is 10.7. The van der Waals surface area contributed by atoms with Crippen molar-refractivity contribution >= 4 is 27.3 Å². The van der Waals surface area contributed by atoms with Crippen molar-refractivity contribution in [2.24, 2.45) is 0 Å². The molecular formula is C33H28F3N5O5S. The Labute approximate surface area is 269 Å². The monoisotopic (exact) mass is 663 g/mol. The lowest BCUT2D eigenvalue weighted by Gasteiger charge is -2.46. The van der Waals surface area contributed by atoms with Crippen LogP contribution in [0.2, 0.25) is 0 Å². The fourth-order valence-electron chi connectivity index (χ4n) is 6.29. The predicted molar refractivity (Wildman–Crippen MR) is 165 cm³/mol. The van der Waals surface area contributed by atoms with Gasteiger partial charge in [0.25, 0.3) is 15.9 Å². The van der Waals surface area contributed by atoms with E-state index in [0.29, 0.717) is 28.7 Å². The Bertz CT molecular complexity index is 1960. The number of hydrogen-bond acceptors (Lipinski definition) is 9. The molecule has 1 aromatic heterocycles. The first kappa shape index (κ1) is 31.8. The lowest BCUT2D eigenvalue weighted by Crippen LogP contribution is -2.60. The number of carbonyl (C=O) groups is 1. The molecular weight excluding hydrogens is 635 g/mol. The predicted octanol–water partition coefficient (Wildman–Crippen LogP) is 5.05. The van der Waals surface area contributed by atoms with Crippen LogP contribution in [0.4, 0.5) is 24.5 Å². The molecule has 10 nitrogen and oxygen atoms in total. The van der Waals surface area contributed by atoms with Gasteiger partial charge in [0, 0.05) is 55.4 Å². The molecule has 0 bridgehead atoms. The minimum atomic E-state index is -5.20. The fourth-order valence-corrected chi connectivity index (χ4v) is 7.87. The van der Waals surface area contributed by atoms with Crippen molar-refractivity contribution in [2.75, 3.05) is 42.0 Å². The maximum absolute atomic E-state index is 15.2. The van der Waals surface area contributed by atoms with E-state index in [1.807, 2.05) is 17.0 Å². The number of carbonyl (C=O) groups excluding carboxylic acids is 1. The van der Waals surface area contributed by atoms with E-state index in [-0.39, 0.29) is 36.5 Å². The number of hydrogen-bond donors (Lipinski definition) is 0. The summed E-state index contributed by atoms with van der Waals surface area (Å²) in [7, 11) is -5.03. The number of benzene rings is 3. The number of nitriles is 1. The molecule has 47 heavy (non-hydrogen) atoms. The van der Waals surface area contributed by atoms with Crippen LogP contribution in [0.25, 0.3) is 0 Å². The molecule has 0 N–H and O–H groups in total. The molecule has 4 aromatic rings. The molecule has 6 rings (SSSR count). The number of fused-ring (bicyclic) bond motifs is 1. The first-order chi connectivity index (χ1) is 22.5. The van der Waals surface area contributed by atoms with Crippen molar-refractivity contribution < 1.29 is 35.9 Å². The molecule has 2 aliphatic rings. The molecule has 14 heteroatoms. The topological polar surface area (TPSA) is 116 Å². The molecule has 3 heterocycles. The molecule has 1 fully saturated rings. The van der Waals surface area contributed by atoms with Gasteiger partial charge in [-0.2, -0.15) is 5.26 Å². The summed E-state index contributed by atoms with van der Waals surface area (Å²) in [4.78, 5) is 22.4. The lowest BCUT2D eigenvalue weighted by molar-refractivity contribution is -0.275. The summed E-state index contributed by atoms with van der Waals surface area (Å²) in [5.41, 5.74) is -0.352. The number of ether oxygens (including phenoxy) is 2. The van der Waals surface area contributed by atoms with Crippen molar-refractivity contribution in [3.63, 3.8) is 0 Å². The van der Waals surface area contributed by atoms with Crippen molar-refractivity contribution in [1.82, 2.24) is 9.88 Å². The van der Waals surface area contributed by atoms with Gasteiger partial charge >= 0.3 is 6.36 Å². The third kappa shape index (κ3) is 5.51. The van der Waals surface area contributed by atoms with Gasteiger partial charge in [-0.15, -0.1) is 13.2 Å². The van der Waals surface area contributed by atoms with Gasteiger partial charge in [-0.05, 0) is 55.5 Å². The fraction of sp³-hybridized carbons (Fsp3) is 0.242. The molecule has 2 aliphatic heterocycles. The van der Waals surface area contributed by atoms with Crippen LogP contribution >= 0.6 is 0 Å². The van der Waals surface area contributed by atoms with Gasteiger partial charge in [0.05, 0.1) is 23.9 Å². The summed E-state index contributed by atoms with van der Waals surface area (Å²) in [5, 5.41) is 9.89. The van der Waals surface area contributed by atoms with Crippen molar-refractivity contribution in [3.05, 3.63) is 108 Å². The van der Waals surface area contributed by atoms with Crippen LogP contribution in [0, 0.1) is 11.3 Å². The lowest BCUT2D eigenvalue weighted by atomic mass is 9.80. The quantitative estimate of drug-likeness (QED) is 0.255. The van der Waals surface area contributed by atoms with E-state index in [1.54, 1.807) is 43.6 Å². The molecule has 0 radical (unpaired) electrons. The number of pyridine rings is 1. The van der Waals surface area contributed by atoms with E-state index < -0.39 is 38.5 Å². The van der Waals surface area contributed by atoms with Gasteiger partial charge in [0.1, 0.15) is 16.4 Å². The van der Waals surface area contributed by atoms with E-state index in [0.717, 1.165) is 17.8 Å². The normalized spacial score (nSPS) is 18.5. The summed E-state index contributed by atoms with van der Waals surface area (Å²) >= 11 is 0. The number of aromatic nitrogens is 1. The van der Waals surface area contributed by atoms with Crippen molar-refractivity contribution in [1.29, 1.82) is 5.26 Å². The highest BCUT2D eigenvalue weighted by molar-refractivity contribution is 7.93. The maximum atomic E-state index is 15.2. The second kappa shape index (κ2) is 12.2. The number of para-hydroxylation sites is 2. The van der Waals surface area contributed by atoms with Crippen LogP contribution in [-0.4, -0.2) is 63.4 Å². The van der Waals surface area contributed by atoms with Crippen LogP contribution < -0.4 is 18.7 Å². The van der Waals surface area contributed by atoms with Gasteiger partial charge in [-0.25, -0.2) is 12.7 Å². The molecule has 0 spiro atoms. The zero-order chi connectivity index (χ0) is 33.4. The number of amides is 1. The van der Waals surface area contributed by atoms with Gasteiger partial charge < -0.3 is 14.4 Å². The smallest absolute Gasteiger partial charge is 0.493 e. The van der Waals surface area contributed by atoms with Crippen LogP contribution in [0.1, 0.15) is 23.6 Å².